The second-order valence-corrected chi connectivity index (χ2v) is 7.16. The van der Waals surface area contributed by atoms with E-state index in [0.717, 1.165) is 10.2 Å². The summed E-state index contributed by atoms with van der Waals surface area (Å²) in [6.07, 6.45) is -3.33. The summed E-state index contributed by atoms with van der Waals surface area (Å²) < 4.78 is 40.9. The fraction of sp³-hybridized carbons (Fsp3) is 0.250. The predicted molar refractivity (Wildman–Crippen MR) is 101 cm³/mol. The lowest BCUT2D eigenvalue weighted by Crippen LogP contribution is -2.21. The van der Waals surface area contributed by atoms with Crippen molar-refractivity contribution < 1.29 is 18.0 Å². The first-order chi connectivity index (χ1) is 13.5. The minimum atomic E-state index is -4.71. The number of hydrogen-bond acceptors (Lipinski definition) is 4. The first-order valence-electron chi connectivity index (χ1n) is 7.98. The van der Waals surface area contributed by atoms with Crippen molar-refractivity contribution in [2.24, 2.45) is 0 Å². The number of carbonyl (C=O) groups excluding carboxylic acids is 1. The fourth-order valence-electron chi connectivity index (χ4n) is 2.41. The summed E-state index contributed by atoms with van der Waals surface area (Å²) in [7, 11) is 0. The molecule has 7 nitrogen and oxygen atoms in total. The maximum atomic E-state index is 12.9. The molecule has 1 amide bonds. The van der Waals surface area contributed by atoms with E-state index in [2.05, 4.69) is 20.5 Å². The molecule has 1 aromatic carbocycles. The highest BCUT2D eigenvalue weighted by Gasteiger charge is 2.38. The lowest BCUT2D eigenvalue weighted by atomic mass is 10.2. The lowest BCUT2D eigenvalue weighted by Gasteiger charge is -2.05. The molecule has 154 valence electrons. The van der Waals surface area contributed by atoms with Gasteiger partial charge in [-0.15, -0.1) is 5.10 Å². The van der Waals surface area contributed by atoms with Gasteiger partial charge in [0.1, 0.15) is 12.9 Å². The van der Waals surface area contributed by atoms with Crippen LogP contribution in [0.15, 0.2) is 24.5 Å². The highest BCUT2D eigenvalue weighted by atomic mass is 35.5. The van der Waals surface area contributed by atoms with E-state index in [1.54, 1.807) is 18.2 Å². The zero-order valence-electron chi connectivity index (χ0n) is 14.6. The average Bonchev–Trinajstić information content (AvgIpc) is 3.17. The molecule has 0 bridgehead atoms. The van der Waals surface area contributed by atoms with E-state index < -0.39 is 29.3 Å². The summed E-state index contributed by atoms with van der Waals surface area (Å²) in [5.41, 5.74) is -0.413. The Kier molecular flexibility index (Phi) is 6.06. The zero-order valence-corrected chi connectivity index (χ0v) is 16.9. The Hall–Kier alpha value is -2.30. The minimum Gasteiger partial charge on any atom is -0.292 e. The Morgan fingerprint density at radius 3 is 2.52 bits per heavy atom. The van der Waals surface area contributed by atoms with Crippen LogP contribution in [0.3, 0.4) is 0 Å². The second kappa shape index (κ2) is 8.21. The molecule has 0 aliphatic heterocycles. The topological polar surface area (TPSA) is 77.6 Å². The van der Waals surface area contributed by atoms with E-state index in [0.29, 0.717) is 16.6 Å². The quantitative estimate of drug-likeness (QED) is 0.601. The van der Waals surface area contributed by atoms with E-state index in [9.17, 15) is 18.0 Å². The molecule has 0 aliphatic rings. The van der Waals surface area contributed by atoms with Gasteiger partial charge in [0.2, 0.25) is 11.9 Å². The Morgan fingerprint density at radius 1 is 1.17 bits per heavy atom. The molecule has 0 unspecified atom stereocenters. The normalized spacial score (nSPS) is 11.7. The fourth-order valence-corrected chi connectivity index (χ4v) is 2.98. The largest absolute Gasteiger partial charge is 0.436 e. The number of aromatic nitrogens is 5. The maximum absolute atomic E-state index is 12.9. The van der Waals surface area contributed by atoms with Crippen molar-refractivity contribution in [2.75, 3.05) is 5.32 Å². The van der Waals surface area contributed by atoms with Crippen molar-refractivity contribution >= 4 is 46.7 Å². The number of carbonyl (C=O) groups is 1. The monoisotopic (exact) mass is 466 g/mol. The number of benzene rings is 1. The van der Waals surface area contributed by atoms with Crippen LogP contribution in [0.1, 0.15) is 17.0 Å². The number of amides is 1. The SMILES string of the molecule is Cc1c(Cl)c(C(F)(F)F)nn1CC(=O)Nc1ncn(Cc2ccc(Cl)c(Cl)c2)n1. The van der Waals surface area contributed by atoms with Crippen LogP contribution in [0.2, 0.25) is 15.1 Å². The molecule has 3 aromatic rings. The number of nitrogens with zero attached hydrogens (tertiary/aromatic N) is 5. The molecule has 1 N–H and O–H groups in total. The molecule has 13 heteroatoms. The van der Waals surface area contributed by atoms with Crippen LogP contribution in [-0.2, 0) is 24.1 Å². The Morgan fingerprint density at radius 2 is 1.90 bits per heavy atom. The number of rotatable bonds is 5. The third-order valence-electron chi connectivity index (χ3n) is 3.81. The molecule has 2 aromatic heterocycles. The summed E-state index contributed by atoms with van der Waals surface area (Å²) >= 11 is 17.5. The Labute approximate surface area is 177 Å². The van der Waals surface area contributed by atoms with Crippen molar-refractivity contribution in [3.8, 4) is 0 Å². The Balaban J connectivity index is 1.66. The number of alkyl halides is 3. The first-order valence-corrected chi connectivity index (χ1v) is 9.11. The van der Waals surface area contributed by atoms with Crippen LogP contribution in [0.5, 0.6) is 0 Å². The number of nitrogens with one attached hydrogen (secondary N) is 1. The van der Waals surface area contributed by atoms with Gasteiger partial charge in [-0.3, -0.25) is 14.8 Å². The van der Waals surface area contributed by atoms with Crippen LogP contribution >= 0.6 is 34.8 Å². The highest BCUT2D eigenvalue weighted by molar-refractivity contribution is 6.42. The number of hydrogen-bond donors (Lipinski definition) is 1. The summed E-state index contributed by atoms with van der Waals surface area (Å²) in [5, 5.41) is 10.1. The third-order valence-corrected chi connectivity index (χ3v) is 5.00. The van der Waals surface area contributed by atoms with Gasteiger partial charge in [-0.1, -0.05) is 40.9 Å². The van der Waals surface area contributed by atoms with Gasteiger partial charge < -0.3 is 0 Å². The van der Waals surface area contributed by atoms with E-state index in [1.807, 2.05) is 0 Å². The first kappa shape index (κ1) is 21.4. The summed E-state index contributed by atoms with van der Waals surface area (Å²) in [6.45, 7) is 1.17. The van der Waals surface area contributed by atoms with E-state index in [-0.39, 0.29) is 11.6 Å². The summed E-state index contributed by atoms with van der Waals surface area (Å²) in [5.74, 6) is -0.671. The number of halogens is 6. The van der Waals surface area contributed by atoms with Gasteiger partial charge in [0.25, 0.3) is 0 Å². The highest BCUT2D eigenvalue weighted by Crippen LogP contribution is 2.35. The zero-order chi connectivity index (χ0) is 21.3. The van der Waals surface area contributed by atoms with E-state index >= 15 is 0 Å². The van der Waals surface area contributed by atoms with Crippen LogP contribution in [-0.4, -0.2) is 30.5 Å². The Bertz CT molecular complexity index is 1060. The van der Waals surface area contributed by atoms with Crippen molar-refractivity contribution in [3.05, 3.63) is 56.5 Å². The molecular weight excluding hydrogens is 456 g/mol. The van der Waals surface area contributed by atoms with Crippen molar-refractivity contribution in [2.45, 2.75) is 26.2 Å². The maximum Gasteiger partial charge on any atom is 0.436 e. The number of anilines is 1. The molecule has 0 aliphatic carbocycles. The van der Waals surface area contributed by atoms with Gasteiger partial charge in [0.05, 0.1) is 27.3 Å². The third kappa shape index (κ3) is 5.01. The molecule has 0 saturated heterocycles. The van der Waals surface area contributed by atoms with Crippen LogP contribution < -0.4 is 5.32 Å². The van der Waals surface area contributed by atoms with Gasteiger partial charge in [0.15, 0.2) is 5.69 Å². The standard InChI is InChI=1S/C16H12Cl3F3N6O/c1-8-13(19)14(16(20,21)22)25-28(8)6-12(29)24-15-23-7-27(26-15)5-9-2-3-10(17)11(18)4-9/h2-4,7H,5-6H2,1H3,(H,24,26,29). The predicted octanol–water partition coefficient (Wildman–Crippen LogP) is 4.45. The van der Waals surface area contributed by atoms with Crippen molar-refractivity contribution in [3.63, 3.8) is 0 Å². The summed E-state index contributed by atoms with van der Waals surface area (Å²) in [4.78, 5) is 16.1. The molecule has 0 atom stereocenters. The van der Waals surface area contributed by atoms with Crippen molar-refractivity contribution in [1.29, 1.82) is 0 Å². The lowest BCUT2D eigenvalue weighted by molar-refractivity contribution is -0.141. The van der Waals surface area contributed by atoms with E-state index in [1.165, 1.54) is 17.9 Å². The van der Waals surface area contributed by atoms with Crippen LogP contribution in [0.4, 0.5) is 19.1 Å². The summed E-state index contributed by atoms with van der Waals surface area (Å²) in [6, 6.07) is 5.08. The molecule has 3 rings (SSSR count). The van der Waals surface area contributed by atoms with E-state index in [4.69, 9.17) is 34.8 Å². The molecule has 2 heterocycles. The molecule has 0 saturated carbocycles. The molecule has 0 spiro atoms. The second-order valence-electron chi connectivity index (χ2n) is 5.97. The van der Waals surface area contributed by atoms with Gasteiger partial charge in [-0.25, -0.2) is 9.67 Å². The average molecular weight is 468 g/mol. The van der Waals surface area contributed by atoms with Gasteiger partial charge in [-0.05, 0) is 24.6 Å². The molecule has 0 radical (unpaired) electrons. The van der Waals surface area contributed by atoms with Crippen LogP contribution in [0.25, 0.3) is 0 Å². The molecule has 29 heavy (non-hydrogen) atoms. The van der Waals surface area contributed by atoms with Crippen molar-refractivity contribution in [1.82, 2.24) is 24.5 Å². The van der Waals surface area contributed by atoms with Crippen LogP contribution in [0, 0.1) is 6.92 Å². The van der Waals surface area contributed by atoms with Gasteiger partial charge in [0, 0.05) is 0 Å². The minimum absolute atomic E-state index is 0.0120. The molecule has 0 fully saturated rings. The molecular formula is C16H12Cl3F3N6O. The van der Waals surface area contributed by atoms with Gasteiger partial charge in [-0.2, -0.15) is 18.3 Å². The smallest absolute Gasteiger partial charge is 0.292 e. The van der Waals surface area contributed by atoms with Gasteiger partial charge >= 0.3 is 6.18 Å².